The molecule has 1 N–H and O–H groups in total. The van der Waals surface area contributed by atoms with Crippen LogP contribution < -0.4 is 5.32 Å². The van der Waals surface area contributed by atoms with E-state index in [4.69, 9.17) is 9.47 Å². The topological polar surface area (TPSA) is 30.5 Å². The molecule has 0 aromatic rings. The maximum Gasteiger partial charge on any atom is 0.0600 e. The van der Waals surface area contributed by atoms with Gasteiger partial charge in [-0.25, -0.2) is 0 Å². The Balaban J connectivity index is 2.18. The van der Waals surface area contributed by atoms with Gasteiger partial charge in [0, 0.05) is 31.6 Å². The molecular formula is C12H25NO2S. The van der Waals surface area contributed by atoms with E-state index in [1.807, 2.05) is 11.8 Å². The smallest absolute Gasteiger partial charge is 0.0600 e. The average Bonchev–Trinajstić information content (AvgIpc) is 2.33. The molecule has 3 nitrogen and oxygen atoms in total. The number of methoxy groups -OCH3 is 1. The summed E-state index contributed by atoms with van der Waals surface area (Å²) in [6.45, 7) is 6.02. The second kappa shape index (κ2) is 9.28. The number of hydrogen-bond acceptors (Lipinski definition) is 4. The van der Waals surface area contributed by atoms with E-state index in [-0.39, 0.29) is 0 Å². The fourth-order valence-electron chi connectivity index (χ4n) is 1.88. The van der Waals surface area contributed by atoms with Crippen molar-refractivity contribution < 1.29 is 9.47 Å². The molecule has 1 rings (SSSR count). The van der Waals surface area contributed by atoms with Gasteiger partial charge >= 0.3 is 0 Å². The van der Waals surface area contributed by atoms with Crippen LogP contribution in [0.5, 0.6) is 0 Å². The van der Waals surface area contributed by atoms with Crippen LogP contribution in [0.1, 0.15) is 26.2 Å². The van der Waals surface area contributed by atoms with Crippen LogP contribution in [-0.4, -0.2) is 50.5 Å². The normalized spacial score (nSPS) is 25.9. The first-order valence-electron chi connectivity index (χ1n) is 6.30. The van der Waals surface area contributed by atoms with Crippen LogP contribution in [0, 0.1) is 0 Å². The summed E-state index contributed by atoms with van der Waals surface area (Å²) in [5.74, 6) is 1.17. The van der Waals surface area contributed by atoms with E-state index < -0.39 is 0 Å². The second-order valence-corrected chi connectivity index (χ2v) is 5.53. The van der Waals surface area contributed by atoms with Crippen LogP contribution in [0.3, 0.4) is 0 Å². The number of hydrogen-bond donors (Lipinski definition) is 1. The monoisotopic (exact) mass is 247 g/mol. The van der Waals surface area contributed by atoms with Crippen molar-refractivity contribution in [2.24, 2.45) is 0 Å². The predicted molar refractivity (Wildman–Crippen MR) is 70.3 cm³/mol. The Morgan fingerprint density at radius 3 is 3.12 bits per heavy atom. The molecule has 16 heavy (non-hydrogen) atoms. The van der Waals surface area contributed by atoms with Gasteiger partial charge in [-0.15, -0.1) is 0 Å². The molecule has 0 aromatic carbocycles. The highest BCUT2D eigenvalue weighted by atomic mass is 32.2. The highest BCUT2D eigenvalue weighted by Crippen LogP contribution is 2.22. The molecule has 1 saturated heterocycles. The third-order valence-electron chi connectivity index (χ3n) is 2.79. The second-order valence-electron chi connectivity index (χ2n) is 4.18. The molecule has 1 fully saturated rings. The highest BCUT2D eigenvalue weighted by Gasteiger charge is 2.24. The Morgan fingerprint density at radius 2 is 2.38 bits per heavy atom. The summed E-state index contributed by atoms with van der Waals surface area (Å²) in [5.41, 5.74) is 0. The molecule has 0 aromatic heterocycles. The zero-order chi connectivity index (χ0) is 11.6. The molecule has 0 saturated carbocycles. The molecular weight excluding hydrogens is 222 g/mol. The fraction of sp³-hybridized carbons (Fsp3) is 1.00. The van der Waals surface area contributed by atoms with Crippen LogP contribution >= 0.6 is 11.8 Å². The average molecular weight is 247 g/mol. The van der Waals surface area contributed by atoms with Crippen molar-refractivity contribution in [3.05, 3.63) is 0 Å². The maximum atomic E-state index is 5.56. The molecule has 2 unspecified atom stereocenters. The Bertz CT molecular complexity index is 169. The lowest BCUT2D eigenvalue weighted by atomic mass is 10.1. The zero-order valence-corrected chi connectivity index (χ0v) is 11.4. The third-order valence-corrected chi connectivity index (χ3v) is 4.20. The van der Waals surface area contributed by atoms with E-state index in [1.54, 1.807) is 7.11 Å². The van der Waals surface area contributed by atoms with Crippen molar-refractivity contribution in [3.8, 4) is 0 Å². The number of rotatable bonds is 8. The lowest BCUT2D eigenvalue weighted by Gasteiger charge is -2.32. The largest absolute Gasteiger partial charge is 0.385 e. The first-order valence-corrected chi connectivity index (χ1v) is 7.35. The summed E-state index contributed by atoms with van der Waals surface area (Å²) < 4.78 is 10.6. The van der Waals surface area contributed by atoms with E-state index in [0.29, 0.717) is 11.3 Å². The standard InChI is InChI=1S/C12H25NO2S/c1-3-6-13-11-5-8-15-10-12(11)16-9-4-7-14-2/h11-13H,3-10H2,1-2H3. The van der Waals surface area contributed by atoms with Gasteiger partial charge in [0.25, 0.3) is 0 Å². The van der Waals surface area contributed by atoms with Crippen LogP contribution in [0.2, 0.25) is 0 Å². The first-order chi connectivity index (χ1) is 7.88. The van der Waals surface area contributed by atoms with Crippen molar-refractivity contribution >= 4 is 11.8 Å². The van der Waals surface area contributed by atoms with Crippen molar-refractivity contribution in [3.63, 3.8) is 0 Å². The van der Waals surface area contributed by atoms with Crippen LogP contribution in [0.15, 0.2) is 0 Å². The molecule has 0 aliphatic carbocycles. The van der Waals surface area contributed by atoms with E-state index >= 15 is 0 Å². The van der Waals surface area contributed by atoms with Crippen LogP contribution in [0.4, 0.5) is 0 Å². The van der Waals surface area contributed by atoms with Crippen molar-refractivity contribution in [1.29, 1.82) is 0 Å². The van der Waals surface area contributed by atoms with Gasteiger partial charge in [-0.3, -0.25) is 0 Å². The number of thioether (sulfide) groups is 1. The van der Waals surface area contributed by atoms with Gasteiger partial charge in [0.1, 0.15) is 0 Å². The van der Waals surface area contributed by atoms with Gasteiger partial charge in [0.15, 0.2) is 0 Å². The predicted octanol–water partition coefficient (Wildman–Crippen LogP) is 1.91. The van der Waals surface area contributed by atoms with E-state index in [9.17, 15) is 0 Å². The molecule has 1 aliphatic heterocycles. The number of ether oxygens (including phenoxy) is 2. The Kier molecular flexibility index (Phi) is 8.29. The number of nitrogens with one attached hydrogen (secondary N) is 1. The molecule has 0 bridgehead atoms. The molecule has 1 heterocycles. The third kappa shape index (κ3) is 5.53. The first kappa shape index (κ1) is 14.3. The summed E-state index contributed by atoms with van der Waals surface area (Å²) in [6.07, 6.45) is 3.50. The van der Waals surface area contributed by atoms with E-state index in [0.717, 1.165) is 39.2 Å². The highest BCUT2D eigenvalue weighted by molar-refractivity contribution is 8.00. The summed E-state index contributed by atoms with van der Waals surface area (Å²) in [6, 6.07) is 0.640. The molecule has 1 aliphatic rings. The molecule has 0 amide bonds. The summed E-state index contributed by atoms with van der Waals surface area (Å²) in [4.78, 5) is 0. The minimum absolute atomic E-state index is 0.622. The summed E-state index contributed by atoms with van der Waals surface area (Å²) in [5, 5.41) is 4.25. The van der Waals surface area contributed by atoms with Gasteiger partial charge in [-0.1, -0.05) is 6.92 Å². The SMILES string of the molecule is CCCNC1CCOCC1SCCCOC. The zero-order valence-electron chi connectivity index (χ0n) is 10.5. The van der Waals surface area contributed by atoms with Crippen LogP contribution in [-0.2, 0) is 9.47 Å². The van der Waals surface area contributed by atoms with Gasteiger partial charge in [-0.05, 0) is 31.6 Å². The molecule has 96 valence electrons. The van der Waals surface area contributed by atoms with Crippen LogP contribution in [0.25, 0.3) is 0 Å². The van der Waals surface area contributed by atoms with E-state index in [2.05, 4.69) is 12.2 Å². The minimum atomic E-state index is 0.622. The molecule has 2 atom stereocenters. The Hall–Kier alpha value is 0.230. The van der Waals surface area contributed by atoms with Gasteiger partial charge in [0.2, 0.25) is 0 Å². The lowest BCUT2D eigenvalue weighted by molar-refractivity contribution is 0.0833. The summed E-state index contributed by atoms with van der Waals surface area (Å²) in [7, 11) is 1.76. The Labute approximate surface area is 104 Å². The molecule has 0 spiro atoms. The lowest BCUT2D eigenvalue weighted by Crippen LogP contribution is -2.45. The van der Waals surface area contributed by atoms with Crippen molar-refractivity contribution in [2.45, 2.75) is 37.5 Å². The van der Waals surface area contributed by atoms with Crippen molar-refractivity contribution in [2.75, 3.05) is 39.2 Å². The quantitative estimate of drug-likeness (QED) is 0.664. The minimum Gasteiger partial charge on any atom is -0.385 e. The maximum absolute atomic E-state index is 5.56. The van der Waals surface area contributed by atoms with Gasteiger partial charge < -0.3 is 14.8 Å². The molecule has 4 heteroatoms. The Morgan fingerprint density at radius 1 is 1.50 bits per heavy atom. The van der Waals surface area contributed by atoms with Crippen molar-refractivity contribution in [1.82, 2.24) is 5.32 Å². The molecule has 0 radical (unpaired) electrons. The van der Waals surface area contributed by atoms with Gasteiger partial charge in [-0.2, -0.15) is 11.8 Å². The van der Waals surface area contributed by atoms with Gasteiger partial charge in [0.05, 0.1) is 6.61 Å². The van der Waals surface area contributed by atoms with E-state index in [1.165, 1.54) is 12.2 Å². The summed E-state index contributed by atoms with van der Waals surface area (Å²) >= 11 is 2.03. The fourth-order valence-corrected chi connectivity index (χ4v) is 3.12.